The lowest BCUT2D eigenvalue weighted by Gasteiger charge is -2.19. The van der Waals surface area contributed by atoms with Gasteiger partial charge in [0.1, 0.15) is 5.60 Å². The van der Waals surface area contributed by atoms with Crippen molar-refractivity contribution in [2.45, 2.75) is 32.9 Å². The molecular formula is C12H19ClN2O2. The van der Waals surface area contributed by atoms with Crippen LogP contribution in [0.5, 0.6) is 0 Å². The first kappa shape index (κ1) is 15.7. The van der Waals surface area contributed by atoms with Crippen LogP contribution in [0.2, 0.25) is 0 Å². The highest BCUT2D eigenvalue weighted by Gasteiger charge is 2.15. The fraction of sp³-hybridized carbons (Fsp3) is 0.417. The molecule has 0 atom stereocenters. The summed E-state index contributed by atoms with van der Waals surface area (Å²) in [6.45, 7) is 5.96. The van der Waals surface area contributed by atoms with Gasteiger partial charge in [-0.3, -0.25) is 5.32 Å². The first-order valence-corrected chi connectivity index (χ1v) is 5.20. The van der Waals surface area contributed by atoms with Crippen LogP contribution >= 0.6 is 12.4 Å². The van der Waals surface area contributed by atoms with Crippen LogP contribution in [0.15, 0.2) is 24.3 Å². The molecule has 0 bridgehead atoms. The second-order valence-corrected chi connectivity index (χ2v) is 4.53. The number of carbonyl (C=O) groups is 1. The summed E-state index contributed by atoms with van der Waals surface area (Å²) in [4.78, 5) is 11.4. The first-order valence-electron chi connectivity index (χ1n) is 5.20. The summed E-state index contributed by atoms with van der Waals surface area (Å²) < 4.78 is 5.12. The molecule has 0 unspecified atom stereocenters. The van der Waals surface area contributed by atoms with Crippen molar-refractivity contribution < 1.29 is 9.53 Å². The molecule has 0 spiro atoms. The Bertz CT molecular complexity index is 358. The topological polar surface area (TPSA) is 64.3 Å². The van der Waals surface area contributed by atoms with Crippen molar-refractivity contribution in [1.29, 1.82) is 0 Å². The van der Waals surface area contributed by atoms with Gasteiger partial charge in [0.15, 0.2) is 0 Å². The predicted octanol–water partition coefficient (Wildman–Crippen LogP) is 2.91. The molecule has 1 rings (SSSR count). The van der Waals surface area contributed by atoms with Crippen molar-refractivity contribution in [3.63, 3.8) is 0 Å². The molecule has 4 nitrogen and oxygen atoms in total. The van der Waals surface area contributed by atoms with E-state index in [-0.39, 0.29) is 12.4 Å². The molecule has 17 heavy (non-hydrogen) atoms. The summed E-state index contributed by atoms with van der Waals surface area (Å²) in [5.74, 6) is 0. The van der Waals surface area contributed by atoms with Crippen molar-refractivity contribution in [2.75, 3.05) is 5.32 Å². The number of anilines is 1. The minimum absolute atomic E-state index is 0. The van der Waals surface area contributed by atoms with Gasteiger partial charge < -0.3 is 10.5 Å². The zero-order chi connectivity index (χ0) is 12.2. The number of ether oxygens (including phenoxy) is 1. The van der Waals surface area contributed by atoms with Crippen molar-refractivity contribution in [3.05, 3.63) is 29.8 Å². The SMILES string of the molecule is CC(C)(C)OC(=O)Nc1ccc(CN)cc1.Cl. The molecule has 1 aromatic carbocycles. The van der Waals surface area contributed by atoms with Crippen LogP contribution in [0.4, 0.5) is 10.5 Å². The summed E-state index contributed by atoms with van der Waals surface area (Å²) in [6, 6.07) is 7.33. The molecule has 0 fully saturated rings. The fourth-order valence-corrected chi connectivity index (χ4v) is 1.15. The number of nitrogens with two attached hydrogens (primary N) is 1. The lowest BCUT2D eigenvalue weighted by molar-refractivity contribution is 0.0636. The van der Waals surface area contributed by atoms with Gasteiger partial charge in [-0.1, -0.05) is 12.1 Å². The molecule has 0 saturated heterocycles. The molecule has 0 heterocycles. The Balaban J connectivity index is 0.00000256. The van der Waals surface area contributed by atoms with Gasteiger partial charge in [0, 0.05) is 12.2 Å². The van der Waals surface area contributed by atoms with Gasteiger partial charge in [0.25, 0.3) is 0 Å². The van der Waals surface area contributed by atoms with E-state index in [0.717, 1.165) is 5.56 Å². The van der Waals surface area contributed by atoms with Crippen molar-refractivity contribution >= 4 is 24.2 Å². The van der Waals surface area contributed by atoms with Gasteiger partial charge in [-0.2, -0.15) is 0 Å². The average Bonchev–Trinajstić information content (AvgIpc) is 2.16. The number of benzene rings is 1. The number of nitrogens with one attached hydrogen (secondary N) is 1. The number of hydrogen-bond acceptors (Lipinski definition) is 3. The normalized spacial score (nSPS) is 10.4. The predicted molar refractivity (Wildman–Crippen MR) is 71.4 cm³/mol. The molecular weight excluding hydrogens is 240 g/mol. The summed E-state index contributed by atoms with van der Waals surface area (Å²) >= 11 is 0. The maximum absolute atomic E-state index is 11.4. The molecule has 0 aromatic heterocycles. The van der Waals surface area contributed by atoms with Crippen molar-refractivity contribution in [3.8, 4) is 0 Å². The molecule has 1 aromatic rings. The van der Waals surface area contributed by atoms with Gasteiger partial charge in [-0.15, -0.1) is 12.4 Å². The maximum atomic E-state index is 11.4. The van der Waals surface area contributed by atoms with Gasteiger partial charge in [-0.05, 0) is 38.5 Å². The number of rotatable bonds is 2. The van der Waals surface area contributed by atoms with Crippen LogP contribution in [0.25, 0.3) is 0 Å². The van der Waals surface area contributed by atoms with Crippen molar-refractivity contribution in [2.24, 2.45) is 5.73 Å². The Hall–Kier alpha value is -1.26. The Morgan fingerprint density at radius 1 is 1.29 bits per heavy atom. The van der Waals surface area contributed by atoms with Crippen LogP contribution in [0.1, 0.15) is 26.3 Å². The lowest BCUT2D eigenvalue weighted by Crippen LogP contribution is -2.27. The van der Waals surface area contributed by atoms with Crippen LogP contribution in [-0.4, -0.2) is 11.7 Å². The number of amides is 1. The van der Waals surface area contributed by atoms with Crippen LogP contribution in [0.3, 0.4) is 0 Å². The van der Waals surface area contributed by atoms with Crippen LogP contribution < -0.4 is 11.1 Å². The second kappa shape index (κ2) is 6.47. The third-order valence-corrected chi connectivity index (χ3v) is 1.83. The highest BCUT2D eigenvalue weighted by atomic mass is 35.5. The summed E-state index contributed by atoms with van der Waals surface area (Å²) in [5.41, 5.74) is 6.71. The van der Waals surface area contributed by atoms with E-state index in [1.807, 2.05) is 32.9 Å². The monoisotopic (exact) mass is 258 g/mol. The minimum atomic E-state index is -0.485. The van der Waals surface area contributed by atoms with E-state index in [1.165, 1.54) is 0 Å². The summed E-state index contributed by atoms with van der Waals surface area (Å²) in [6.07, 6.45) is -0.451. The molecule has 5 heteroatoms. The minimum Gasteiger partial charge on any atom is -0.444 e. The largest absolute Gasteiger partial charge is 0.444 e. The zero-order valence-corrected chi connectivity index (χ0v) is 11.1. The zero-order valence-electron chi connectivity index (χ0n) is 10.3. The second-order valence-electron chi connectivity index (χ2n) is 4.53. The quantitative estimate of drug-likeness (QED) is 0.857. The van der Waals surface area contributed by atoms with Crippen LogP contribution in [-0.2, 0) is 11.3 Å². The number of halogens is 1. The van der Waals surface area contributed by atoms with E-state index in [9.17, 15) is 4.79 Å². The maximum Gasteiger partial charge on any atom is 0.412 e. The molecule has 0 radical (unpaired) electrons. The van der Waals surface area contributed by atoms with Gasteiger partial charge in [-0.25, -0.2) is 4.79 Å². The first-order chi connectivity index (χ1) is 7.40. The van der Waals surface area contributed by atoms with E-state index in [4.69, 9.17) is 10.5 Å². The highest BCUT2D eigenvalue weighted by Crippen LogP contribution is 2.12. The average molecular weight is 259 g/mol. The summed E-state index contributed by atoms with van der Waals surface area (Å²) in [7, 11) is 0. The Morgan fingerprint density at radius 3 is 2.24 bits per heavy atom. The molecule has 0 aliphatic heterocycles. The molecule has 96 valence electrons. The van der Waals surface area contributed by atoms with Crippen LogP contribution in [0, 0.1) is 0 Å². The fourth-order valence-electron chi connectivity index (χ4n) is 1.15. The lowest BCUT2D eigenvalue weighted by atomic mass is 10.2. The molecule has 0 saturated carbocycles. The van der Waals surface area contributed by atoms with Crippen molar-refractivity contribution in [1.82, 2.24) is 0 Å². The van der Waals surface area contributed by atoms with E-state index in [1.54, 1.807) is 12.1 Å². The summed E-state index contributed by atoms with van der Waals surface area (Å²) in [5, 5.41) is 2.65. The van der Waals surface area contributed by atoms with E-state index >= 15 is 0 Å². The molecule has 1 amide bonds. The third kappa shape index (κ3) is 6.14. The van der Waals surface area contributed by atoms with E-state index < -0.39 is 11.7 Å². The Morgan fingerprint density at radius 2 is 1.82 bits per heavy atom. The standard InChI is InChI=1S/C12H18N2O2.ClH/c1-12(2,3)16-11(15)14-10-6-4-9(8-13)5-7-10;/h4-7H,8,13H2,1-3H3,(H,14,15);1H. The Kier molecular flexibility index (Phi) is 5.99. The van der Waals surface area contributed by atoms with Gasteiger partial charge in [0.2, 0.25) is 0 Å². The molecule has 0 aliphatic rings. The van der Waals surface area contributed by atoms with Gasteiger partial charge in [0.05, 0.1) is 0 Å². The molecule has 3 N–H and O–H groups in total. The van der Waals surface area contributed by atoms with E-state index in [0.29, 0.717) is 12.2 Å². The number of carbonyl (C=O) groups excluding carboxylic acids is 1. The number of hydrogen-bond donors (Lipinski definition) is 2. The molecule has 0 aliphatic carbocycles. The smallest absolute Gasteiger partial charge is 0.412 e. The third-order valence-electron chi connectivity index (χ3n) is 1.83. The highest BCUT2D eigenvalue weighted by molar-refractivity contribution is 5.85. The van der Waals surface area contributed by atoms with Gasteiger partial charge >= 0.3 is 6.09 Å². The van der Waals surface area contributed by atoms with E-state index in [2.05, 4.69) is 5.32 Å². The Labute approximate surface area is 108 Å².